The number of carbonyl (C=O) groups excluding carboxylic acids is 2. The van der Waals surface area contributed by atoms with E-state index in [4.69, 9.17) is 5.73 Å². The maximum absolute atomic E-state index is 12.8. The highest BCUT2D eigenvalue weighted by Gasteiger charge is 2.40. The average Bonchev–Trinajstić information content (AvgIpc) is 3.28. The van der Waals surface area contributed by atoms with Crippen LogP contribution in [-0.2, 0) is 9.59 Å². The van der Waals surface area contributed by atoms with E-state index in [2.05, 4.69) is 5.32 Å². The molecule has 0 spiro atoms. The number of fused-ring (bicyclic) bond motifs is 1. The topological polar surface area (TPSA) is 75.4 Å². The van der Waals surface area contributed by atoms with Crippen LogP contribution in [0.15, 0.2) is 42.5 Å². The first kappa shape index (κ1) is 17.0. The molecule has 2 aliphatic rings. The standard InChI is InChI=1S/C21H25N3O2/c22-14-21(10-3-4-11-21)23-20(26)16-12-19(25)24(13-16)18-9-5-7-15-6-1-2-8-17(15)18/h1-2,5-9,16H,3-4,10-14,22H2,(H,23,26). The van der Waals surface area contributed by atoms with Gasteiger partial charge in [0.25, 0.3) is 0 Å². The smallest absolute Gasteiger partial charge is 0.227 e. The molecule has 1 aliphatic heterocycles. The zero-order valence-corrected chi connectivity index (χ0v) is 14.9. The first-order valence-electron chi connectivity index (χ1n) is 9.42. The molecule has 136 valence electrons. The van der Waals surface area contributed by atoms with E-state index in [1.54, 1.807) is 4.90 Å². The third-order valence-corrected chi connectivity index (χ3v) is 5.89. The van der Waals surface area contributed by atoms with Crippen LogP contribution in [0.1, 0.15) is 32.1 Å². The molecule has 26 heavy (non-hydrogen) atoms. The summed E-state index contributed by atoms with van der Waals surface area (Å²) in [6.07, 6.45) is 4.33. The molecule has 2 aromatic carbocycles. The van der Waals surface area contributed by atoms with Crippen molar-refractivity contribution in [3.63, 3.8) is 0 Å². The average molecular weight is 351 g/mol. The van der Waals surface area contributed by atoms with Crippen molar-refractivity contribution in [2.24, 2.45) is 11.7 Å². The Hall–Kier alpha value is -2.40. The van der Waals surface area contributed by atoms with Crippen molar-refractivity contribution in [2.75, 3.05) is 18.0 Å². The minimum absolute atomic E-state index is 0.00900. The van der Waals surface area contributed by atoms with Crippen LogP contribution in [0.25, 0.3) is 10.8 Å². The number of hydrogen-bond acceptors (Lipinski definition) is 3. The fourth-order valence-corrected chi connectivity index (χ4v) is 4.36. The third kappa shape index (κ3) is 2.97. The Kier molecular flexibility index (Phi) is 4.41. The highest BCUT2D eigenvalue weighted by Crippen LogP contribution is 2.33. The molecule has 1 heterocycles. The molecule has 2 aromatic rings. The first-order valence-corrected chi connectivity index (χ1v) is 9.42. The van der Waals surface area contributed by atoms with Gasteiger partial charge in [-0.25, -0.2) is 0 Å². The van der Waals surface area contributed by atoms with E-state index in [0.29, 0.717) is 13.1 Å². The third-order valence-electron chi connectivity index (χ3n) is 5.89. The largest absolute Gasteiger partial charge is 0.349 e. The second kappa shape index (κ2) is 6.72. The maximum Gasteiger partial charge on any atom is 0.227 e. The van der Waals surface area contributed by atoms with Gasteiger partial charge >= 0.3 is 0 Å². The normalized spacial score (nSPS) is 22.1. The van der Waals surface area contributed by atoms with Crippen molar-refractivity contribution in [3.8, 4) is 0 Å². The number of amides is 2. The highest BCUT2D eigenvalue weighted by atomic mass is 16.2. The summed E-state index contributed by atoms with van der Waals surface area (Å²) in [5.74, 6) is -0.339. The van der Waals surface area contributed by atoms with Crippen LogP contribution in [0.2, 0.25) is 0 Å². The number of carbonyl (C=O) groups is 2. The molecule has 4 rings (SSSR count). The van der Waals surface area contributed by atoms with E-state index in [9.17, 15) is 9.59 Å². The summed E-state index contributed by atoms with van der Waals surface area (Å²) in [4.78, 5) is 27.2. The van der Waals surface area contributed by atoms with Gasteiger partial charge in [-0.3, -0.25) is 9.59 Å². The molecule has 5 nitrogen and oxygen atoms in total. The zero-order valence-electron chi connectivity index (χ0n) is 14.9. The lowest BCUT2D eigenvalue weighted by molar-refractivity contribution is -0.127. The van der Waals surface area contributed by atoms with Gasteiger partial charge in [-0.05, 0) is 24.3 Å². The Labute approximate surface area is 153 Å². The molecular weight excluding hydrogens is 326 g/mol. The van der Waals surface area contributed by atoms with E-state index in [-0.39, 0.29) is 29.7 Å². The van der Waals surface area contributed by atoms with Crippen molar-refractivity contribution in [3.05, 3.63) is 42.5 Å². The Balaban J connectivity index is 1.54. The number of hydrogen-bond donors (Lipinski definition) is 2. The van der Waals surface area contributed by atoms with Gasteiger partial charge < -0.3 is 16.0 Å². The Morgan fingerprint density at radius 1 is 1.15 bits per heavy atom. The summed E-state index contributed by atoms with van der Waals surface area (Å²) in [5, 5.41) is 5.31. The number of rotatable bonds is 4. The molecule has 5 heteroatoms. The van der Waals surface area contributed by atoms with Crippen LogP contribution in [-0.4, -0.2) is 30.4 Å². The number of nitrogens with two attached hydrogens (primary N) is 1. The quantitative estimate of drug-likeness (QED) is 0.889. The molecular formula is C21H25N3O2. The van der Waals surface area contributed by atoms with E-state index in [1.165, 1.54) is 0 Å². The lowest BCUT2D eigenvalue weighted by Gasteiger charge is -2.30. The van der Waals surface area contributed by atoms with Gasteiger partial charge in [-0.15, -0.1) is 0 Å². The van der Waals surface area contributed by atoms with Crippen molar-refractivity contribution in [1.29, 1.82) is 0 Å². The summed E-state index contributed by atoms with van der Waals surface area (Å²) >= 11 is 0. The Morgan fingerprint density at radius 2 is 1.88 bits per heavy atom. The molecule has 1 aliphatic carbocycles. The van der Waals surface area contributed by atoms with Gasteiger partial charge in [0.05, 0.1) is 17.1 Å². The second-order valence-electron chi connectivity index (χ2n) is 7.58. The van der Waals surface area contributed by atoms with Crippen LogP contribution in [0.5, 0.6) is 0 Å². The minimum atomic E-state index is -0.314. The lowest BCUT2D eigenvalue weighted by atomic mass is 9.96. The summed E-state index contributed by atoms with van der Waals surface area (Å²) in [7, 11) is 0. The molecule has 1 saturated carbocycles. The van der Waals surface area contributed by atoms with Crippen LogP contribution < -0.4 is 16.0 Å². The predicted octanol–water partition coefficient (Wildman–Crippen LogP) is 2.58. The molecule has 0 bridgehead atoms. The summed E-state index contributed by atoms with van der Waals surface area (Å²) < 4.78 is 0. The van der Waals surface area contributed by atoms with Gasteiger partial charge in [0, 0.05) is 24.9 Å². The number of nitrogens with zero attached hydrogens (tertiary/aromatic N) is 1. The first-order chi connectivity index (χ1) is 12.6. The fraction of sp³-hybridized carbons (Fsp3) is 0.429. The van der Waals surface area contributed by atoms with Crippen molar-refractivity contribution in [1.82, 2.24) is 5.32 Å². The van der Waals surface area contributed by atoms with E-state index in [1.807, 2.05) is 42.5 Å². The van der Waals surface area contributed by atoms with Gasteiger partial charge in [0.15, 0.2) is 0 Å². The van der Waals surface area contributed by atoms with Gasteiger partial charge in [0.1, 0.15) is 0 Å². The molecule has 1 atom stereocenters. The number of nitrogens with one attached hydrogen (secondary N) is 1. The van der Waals surface area contributed by atoms with Gasteiger partial charge in [-0.1, -0.05) is 49.2 Å². The van der Waals surface area contributed by atoms with Gasteiger partial charge in [0.2, 0.25) is 11.8 Å². The van der Waals surface area contributed by atoms with Crippen molar-refractivity contribution < 1.29 is 9.59 Å². The molecule has 1 saturated heterocycles. The van der Waals surface area contributed by atoms with Crippen LogP contribution in [0.3, 0.4) is 0 Å². The number of anilines is 1. The van der Waals surface area contributed by atoms with E-state index < -0.39 is 0 Å². The second-order valence-corrected chi connectivity index (χ2v) is 7.58. The predicted molar refractivity (Wildman–Crippen MR) is 103 cm³/mol. The molecule has 3 N–H and O–H groups in total. The lowest BCUT2D eigenvalue weighted by Crippen LogP contribution is -2.53. The maximum atomic E-state index is 12.8. The Bertz CT molecular complexity index is 837. The fourth-order valence-electron chi connectivity index (χ4n) is 4.36. The molecule has 0 aromatic heterocycles. The SMILES string of the molecule is NCC1(NC(=O)C2CC(=O)N(c3cccc4ccccc34)C2)CCCC1. The monoisotopic (exact) mass is 351 g/mol. The molecule has 0 radical (unpaired) electrons. The van der Waals surface area contributed by atoms with Crippen LogP contribution in [0, 0.1) is 5.92 Å². The molecule has 2 fully saturated rings. The summed E-state index contributed by atoms with van der Waals surface area (Å²) in [6.45, 7) is 0.895. The zero-order chi connectivity index (χ0) is 18.1. The summed E-state index contributed by atoms with van der Waals surface area (Å²) in [6, 6.07) is 14.0. The van der Waals surface area contributed by atoms with Crippen LogP contribution >= 0.6 is 0 Å². The Morgan fingerprint density at radius 3 is 2.65 bits per heavy atom. The molecule has 1 unspecified atom stereocenters. The van der Waals surface area contributed by atoms with Gasteiger partial charge in [-0.2, -0.15) is 0 Å². The van der Waals surface area contributed by atoms with E-state index in [0.717, 1.165) is 42.1 Å². The number of benzene rings is 2. The minimum Gasteiger partial charge on any atom is -0.349 e. The van der Waals surface area contributed by atoms with Crippen molar-refractivity contribution >= 4 is 28.3 Å². The molecule has 2 amide bonds. The van der Waals surface area contributed by atoms with E-state index >= 15 is 0 Å². The van der Waals surface area contributed by atoms with Crippen molar-refractivity contribution in [2.45, 2.75) is 37.6 Å². The summed E-state index contributed by atoms with van der Waals surface area (Å²) in [5.41, 5.74) is 6.55. The van der Waals surface area contributed by atoms with Crippen LogP contribution in [0.4, 0.5) is 5.69 Å². The highest BCUT2D eigenvalue weighted by molar-refractivity contribution is 6.07.